The lowest BCUT2D eigenvalue weighted by molar-refractivity contribution is 0.155. The average molecular weight is 352 g/mol. The second-order valence-electron chi connectivity index (χ2n) is 5.78. The van der Waals surface area contributed by atoms with Gasteiger partial charge in [-0.1, -0.05) is 76.4 Å². The lowest BCUT2D eigenvalue weighted by atomic mass is 10.1. The smallest absolute Gasteiger partial charge is 0.312 e. The van der Waals surface area contributed by atoms with Crippen LogP contribution in [0.2, 0.25) is 0 Å². The Morgan fingerprint density at radius 1 is 0.583 bits per heavy atom. The lowest BCUT2D eigenvalue weighted by Gasteiger charge is -2.16. The SMILES string of the molecule is CCCCOP(OCCCC)OCCCC.c1cc2ccc1cc2. The van der Waals surface area contributed by atoms with Gasteiger partial charge in [-0.15, -0.1) is 0 Å². The summed E-state index contributed by atoms with van der Waals surface area (Å²) in [4.78, 5) is 0. The molecule has 0 heterocycles. The van der Waals surface area contributed by atoms with Crippen molar-refractivity contribution in [2.45, 2.75) is 59.3 Å². The van der Waals surface area contributed by atoms with Crippen molar-refractivity contribution in [1.29, 1.82) is 0 Å². The highest BCUT2D eigenvalue weighted by Gasteiger charge is 2.11. The van der Waals surface area contributed by atoms with Gasteiger partial charge in [0.1, 0.15) is 0 Å². The number of rotatable bonds is 12. The highest BCUT2D eigenvalue weighted by Crippen LogP contribution is 2.40. The topological polar surface area (TPSA) is 27.7 Å². The van der Waals surface area contributed by atoms with E-state index in [0.29, 0.717) is 0 Å². The molecule has 0 N–H and O–H groups in total. The van der Waals surface area contributed by atoms with Crippen molar-refractivity contribution in [1.82, 2.24) is 0 Å². The second kappa shape index (κ2) is 14.6. The summed E-state index contributed by atoms with van der Waals surface area (Å²) >= 11 is 0. The molecule has 0 aliphatic rings. The number of hydrogen-bond acceptors (Lipinski definition) is 3. The average Bonchev–Trinajstić information content (AvgIpc) is 2.64. The summed E-state index contributed by atoms with van der Waals surface area (Å²) < 4.78 is 16.8. The van der Waals surface area contributed by atoms with Crippen molar-refractivity contribution in [3.8, 4) is 0 Å². The first-order chi connectivity index (χ1) is 11.8. The first-order valence-corrected chi connectivity index (χ1v) is 10.4. The molecule has 0 radical (unpaired) electrons. The molecule has 136 valence electrons. The fourth-order valence-electron chi connectivity index (χ4n) is 1.87. The first-order valence-electron chi connectivity index (χ1n) is 9.27. The summed E-state index contributed by atoms with van der Waals surface area (Å²) in [6.45, 7) is 8.71. The summed E-state index contributed by atoms with van der Waals surface area (Å²) in [5.74, 6) is 0. The molecule has 3 nitrogen and oxygen atoms in total. The Labute approximate surface area is 149 Å². The molecule has 0 atom stereocenters. The highest BCUT2D eigenvalue weighted by atomic mass is 31.2. The molecule has 2 bridgehead atoms. The summed E-state index contributed by atoms with van der Waals surface area (Å²) in [5.41, 5.74) is 0. The minimum atomic E-state index is -1.10. The molecule has 0 unspecified atom stereocenters. The van der Waals surface area contributed by atoms with Crippen molar-refractivity contribution in [2.24, 2.45) is 0 Å². The van der Waals surface area contributed by atoms with E-state index in [9.17, 15) is 0 Å². The molecule has 24 heavy (non-hydrogen) atoms. The zero-order valence-electron chi connectivity index (χ0n) is 15.5. The van der Waals surface area contributed by atoms with Crippen molar-refractivity contribution >= 4 is 19.4 Å². The van der Waals surface area contributed by atoms with Crippen molar-refractivity contribution in [2.75, 3.05) is 19.8 Å². The Morgan fingerprint density at radius 3 is 1.08 bits per heavy atom. The Hall–Kier alpha value is -0.730. The third kappa shape index (κ3) is 10.2. The molecule has 0 aliphatic heterocycles. The van der Waals surface area contributed by atoms with Crippen LogP contribution in [0.4, 0.5) is 0 Å². The fraction of sp³-hybridized carbons (Fsp3) is 0.600. The van der Waals surface area contributed by atoms with Gasteiger partial charge in [0.2, 0.25) is 0 Å². The molecule has 0 amide bonds. The van der Waals surface area contributed by atoms with E-state index in [2.05, 4.69) is 57.2 Å². The van der Waals surface area contributed by atoms with Crippen LogP contribution in [0, 0.1) is 0 Å². The molecular weight excluding hydrogens is 319 g/mol. The zero-order chi connectivity index (χ0) is 17.5. The molecule has 0 spiro atoms. The predicted octanol–water partition coefficient (Wildman–Crippen LogP) is 6.94. The molecule has 3 rings (SSSR count). The molecule has 0 fully saturated rings. The van der Waals surface area contributed by atoms with E-state index in [4.69, 9.17) is 13.6 Å². The molecule has 3 aromatic rings. The van der Waals surface area contributed by atoms with Gasteiger partial charge in [-0.2, -0.15) is 0 Å². The lowest BCUT2D eigenvalue weighted by Crippen LogP contribution is -1.99. The van der Waals surface area contributed by atoms with Gasteiger partial charge in [0, 0.05) is 0 Å². The number of fused-ring (bicyclic) bond motifs is 3. The van der Waals surface area contributed by atoms with E-state index >= 15 is 0 Å². The largest absolute Gasteiger partial charge is 0.332 e. The number of benzene rings is 3. The monoisotopic (exact) mass is 352 g/mol. The first kappa shape index (κ1) is 21.3. The molecule has 0 saturated carbocycles. The van der Waals surface area contributed by atoms with Gasteiger partial charge in [-0.3, -0.25) is 0 Å². The van der Waals surface area contributed by atoms with Gasteiger partial charge < -0.3 is 13.6 Å². The number of unbranched alkanes of at least 4 members (excludes halogenated alkanes) is 3. The van der Waals surface area contributed by atoms with E-state index in [-0.39, 0.29) is 0 Å². The molecule has 3 aromatic carbocycles. The highest BCUT2D eigenvalue weighted by molar-refractivity contribution is 7.41. The van der Waals surface area contributed by atoms with Crippen LogP contribution in [0.1, 0.15) is 59.3 Å². The fourth-order valence-corrected chi connectivity index (χ4v) is 2.93. The van der Waals surface area contributed by atoms with Crippen molar-refractivity contribution in [3.05, 3.63) is 36.4 Å². The van der Waals surface area contributed by atoms with Gasteiger partial charge in [-0.05, 0) is 30.0 Å². The summed E-state index contributed by atoms with van der Waals surface area (Å²) in [7, 11) is -1.10. The van der Waals surface area contributed by atoms with Crippen LogP contribution in [0.15, 0.2) is 36.4 Å². The normalized spacial score (nSPS) is 11.0. The van der Waals surface area contributed by atoms with Crippen LogP contribution in [-0.4, -0.2) is 19.8 Å². The Morgan fingerprint density at radius 2 is 0.875 bits per heavy atom. The maximum Gasteiger partial charge on any atom is 0.332 e. The van der Waals surface area contributed by atoms with Gasteiger partial charge >= 0.3 is 8.60 Å². The minimum absolute atomic E-state index is 0.750. The van der Waals surface area contributed by atoms with Gasteiger partial charge in [0.25, 0.3) is 0 Å². The van der Waals surface area contributed by atoms with E-state index in [1.54, 1.807) is 0 Å². The van der Waals surface area contributed by atoms with Crippen LogP contribution >= 0.6 is 8.60 Å². The van der Waals surface area contributed by atoms with Gasteiger partial charge in [0.05, 0.1) is 19.8 Å². The molecule has 4 heteroatoms. The van der Waals surface area contributed by atoms with Gasteiger partial charge in [0.15, 0.2) is 0 Å². The maximum atomic E-state index is 5.60. The summed E-state index contributed by atoms with van der Waals surface area (Å²) in [5, 5.41) is 2.61. The molecular formula is C20H33O3P. The van der Waals surface area contributed by atoms with E-state index < -0.39 is 8.60 Å². The predicted molar refractivity (Wildman–Crippen MR) is 105 cm³/mol. The van der Waals surface area contributed by atoms with Crippen molar-refractivity contribution in [3.63, 3.8) is 0 Å². The molecule has 0 aliphatic carbocycles. The van der Waals surface area contributed by atoms with Crippen LogP contribution in [-0.2, 0) is 13.6 Å². The van der Waals surface area contributed by atoms with E-state index in [1.807, 2.05) is 0 Å². The Bertz CT molecular complexity index is 390. The van der Waals surface area contributed by atoms with Crippen LogP contribution < -0.4 is 0 Å². The standard InChI is InChI=1S/C12H27O3P.C8H6/c1-4-7-10-13-16(14-11-8-5-2)15-12-9-6-3;1-2-8-5-3-7(1)4-6-8/h4-12H2,1-3H3;1-6H. The third-order valence-electron chi connectivity index (χ3n) is 3.49. The minimum Gasteiger partial charge on any atom is -0.312 e. The van der Waals surface area contributed by atoms with E-state index in [1.165, 1.54) is 10.8 Å². The third-order valence-corrected chi connectivity index (χ3v) is 4.67. The summed E-state index contributed by atoms with van der Waals surface area (Å²) in [6, 6.07) is 12.7. The van der Waals surface area contributed by atoms with Gasteiger partial charge in [-0.25, -0.2) is 0 Å². The molecule has 0 aromatic heterocycles. The molecule has 0 saturated heterocycles. The quantitative estimate of drug-likeness (QED) is 0.306. The zero-order valence-corrected chi connectivity index (χ0v) is 16.4. The van der Waals surface area contributed by atoms with Crippen LogP contribution in [0.25, 0.3) is 10.8 Å². The number of hydrogen-bond donors (Lipinski definition) is 0. The van der Waals surface area contributed by atoms with Crippen molar-refractivity contribution < 1.29 is 13.6 Å². The second-order valence-corrected chi connectivity index (χ2v) is 7.01. The van der Waals surface area contributed by atoms with E-state index in [0.717, 1.165) is 58.3 Å². The maximum absolute atomic E-state index is 5.60. The Kier molecular flexibility index (Phi) is 13.0. The van der Waals surface area contributed by atoms with Crippen LogP contribution in [0.3, 0.4) is 0 Å². The summed E-state index contributed by atoms with van der Waals surface area (Å²) in [6.07, 6.45) is 6.67. The van der Waals surface area contributed by atoms with Crippen LogP contribution in [0.5, 0.6) is 0 Å². The Balaban J connectivity index is 0.000000292.